The smallest absolute Gasteiger partial charge is 0.306 e. The summed E-state index contributed by atoms with van der Waals surface area (Å²) in [6.45, 7) is 4.54. The first-order valence-electron chi connectivity index (χ1n) is 39.0. The van der Waals surface area contributed by atoms with Gasteiger partial charge in [0.05, 0.1) is 40.3 Å². The molecule has 542 valence electrons. The van der Waals surface area contributed by atoms with Gasteiger partial charge in [0, 0.05) is 12.8 Å². The van der Waals surface area contributed by atoms with E-state index in [1.807, 2.05) is 21.1 Å². The van der Waals surface area contributed by atoms with Crippen molar-refractivity contribution in [1.82, 2.24) is 0 Å². The molecule has 2 atom stereocenters. The number of esters is 2. The highest BCUT2D eigenvalue weighted by atomic mass is 16.7. The number of carbonyl (C=O) groups is 3. The van der Waals surface area contributed by atoms with E-state index in [1.165, 1.54) is 173 Å². The topological polar surface area (TPSA) is 111 Å². The quantitative estimate of drug-likeness (QED) is 0.0195. The molecule has 9 heteroatoms. The Kier molecular flexibility index (Phi) is 71.1. The summed E-state index contributed by atoms with van der Waals surface area (Å²) in [6, 6.07) is 0. The first-order chi connectivity index (χ1) is 46.6. The Morgan fingerprint density at radius 2 is 0.568 bits per heavy atom. The molecule has 9 nitrogen and oxygen atoms in total. The van der Waals surface area contributed by atoms with Crippen molar-refractivity contribution in [2.45, 2.75) is 334 Å². The number of quaternary nitrogens is 1. The van der Waals surface area contributed by atoms with Gasteiger partial charge in [0.25, 0.3) is 0 Å². The fourth-order valence-electron chi connectivity index (χ4n) is 10.7. The monoisotopic (exact) mass is 1320 g/mol. The number of carbonyl (C=O) groups excluding carboxylic acids is 3. The van der Waals surface area contributed by atoms with Crippen LogP contribution in [-0.2, 0) is 33.3 Å². The molecule has 0 fully saturated rings. The molecule has 0 aliphatic carbocycles. The van der Waals surface area contributed by atoms with Crippen LogP contribution in [0.1, 0.15) is 322 Å². The van der Waals surface area contributed by atoms with Crippen molar-refractivity contribution in [3.63, 3.8) is 0 Å². The van der Waals surface area contributed by atoms with E-state index in [-0.39, 0.29) is 38.6 Å². The molecule has 2 unspecified atom stereocenters. The van der Waals surface area contributed by atoms with Gasteiger partial charge in [0.1, 0.15) is 13.2 Å². The zero-order valence-corrected chi connectivity index (χ0v) is 62.0. The molecule has 0 aromatic rings. The lowest BCUT2D eigenvalue weighted by Crippen LogP contribution is -2.44. The van der Waals surface area contributed by atoms with Gasteiger partial charge in [-0.1, -0.05) is 339 Å². The molecule has 0 amide bonds. The Balaban J connectivity index is 4.06. The normalized spacial score (nSPS) is 13.5. The molecule has 0 saturated heterocycles. The molecule has 0 aromatic carbocycles. The molecule has 0 heterocycles. The number of ether oxygens (including phenoxy) is 4. The second kappa shape index (κ2) is 75.0. The zero-order chi connectivity index (χ0) is 69.0. The first-order valence-corrected chi connectivity index (χ1v) is 39.0. The van der Waals surface area contributed by atoms with Crippen LogP contribution in [0.4, 0.5) is 0 Å². The van der Waals surface area contributed by atoms with Gasteiger partial charge < -0.3 is 33.3 Å². The molecule has 0 rings (SSSR count). The van der Waals surface area contributed by atoms with E-state index in [1.54, 1.807) is 0 Å². The zero-order valence-electron chi connectivity index (χ0n) is 62.0. The van der Waals surface area contributed by atoms with Gasteiger partial charge in [-0.3, -0.25) is 9.59 Å². The maximum absolute atomic E-state index is 13.0. The largest absolute Gasteiger partial charge is 0.545 e. The molecule has 0 aromatic heterocycles. The van der Waals surface area contributed by atoms with Gasteiger partial charge in [0.15, 0.2) is 12.4 Å². The van der Waals surface area contributed by atoms with Crippen LogP contribution >= 0.6 is 0 Å². The second-order valence-electron chi connectivity index (χ2n) is 26.9. The number of unbranched alkanes of at least 4 members (excludes halogenated alkanes) is 32. The predicted octanol–water partition coefficient (Wildman–Crippen LogP) is 23.7. The van der Waals surface area contributed by atoms with Crippen LogP contribution in [0.25, 0.3) is 0 Å². The van der Waals surface area contributed by atoms with Crippen LogP contribution in [0.5, 0.6) is 0 Å². The molecular weight excluding hydrogens is 1170 g/mol. The van der Waals surface area contributed by atoms with E-state index in [4.69, 9.17) is 18.9 Å². The summed E-state index contributed by atoms with van der Waals surface area (Å²) in [4.78, 5) is 37.6. The van der Waals surface area contributed by atoms with E-state index in [2.05, 4.69) is 160 Å². The van der Waals surface area contributed by atoms with Crippen molar-refractivity contribution in [3.8, 4) is 0 Å². The van der Waals surface area contributed by atoms with E-state index in [0.717, 1.165) is 116 Å². The van der Waals surface area contributed by atoms with E-state index < -0.39 is 24.3 Å². The Morgan fingerprint density at radius 3 is 0.842 bits per heavy atom. The van der Waals surface area contributed by atoms with Crippen LogP contribution in [0, 0.1) is 0 Å². The van der Waals surface area contributed by atoms with Crippen molar-refractivity contribution in [3.05, 3.63) is 146 Å². The van der Waals surface area contributed by atoms with Crippen molar-refractivity contribution in [1.29, 1.82) is 0 Å². The molecule has 0 aliphatic rings. The third-order valence-corrected chi connectivity index (χ3v) is 16.6. The fourth-order valence-corrected chi connectivity index (χ4v) is 10.7. The summed E-state index contributed by atoms with van der Waals surface area (Å²) in [5, 5.41) is 11.9. The van der Waals surface area contributed by atoms with Crippen molar-refractivity contribution >= 4 is 17.9 Å². The van der Waals surface area contributed by atoms with Gasteiger partial charge in [-0.25, -0.2) is 0 Å². The number of rotatable bonds is 71. The van der Waals surface area contributed by atoms with E-state index in [0.29, 0.717) is 17.4 Å². The number of carboxylic acids is 1. The van der Waals surface area contributed by atoms with Crippen LogP contribution in [0.15, 0.2) is 146 Å². The number of likely N-dealkylation sites (N-methyl/N-ethyl adjacent to an activating group) is 1. The molecule has 95 heavy (non-hydrogen) atoms. The van der Waals surface area contributed by atoms with Gasteiger partial charge >= 0.3 is 11.9 Å². The summed E-state index contributed by atoms with van der Waals surface area (Å²) in [6.07, 6.45) is 107. The highest BCUT2D eigenvalue weighted by Crippen LogP contribution is 2.18. The molecule has 0 radical (unpaired) electrons. The number of carboxylic acid groups (broad SMARTS) is 1. The summed E-state index contributed by atoms with van der Waals surface area (Å²) in [5.74, 6) is -2.28. The van der Waals surface area contributed by atoms with Crippen molar-refractivity contribution in [2.75, 3.05) is 47.5 Å². The van der Waals surface area contributed by atoms with Crippen LogP contribution in [0.3, 0.4) is 0 Å². The van der Waals surface area contributed by atoms with Crippen molar-refractivity contribution in [2.24, 2.45) is 0 Å². The van der Waals surface area contributed by atoms with Gasteiger partial charge in [-0.2, -0.15) is 0 Å². The maximum atomic E-state index is 13.0. The van der Waals surface area contributed by atoms with Crippen molar-refractivity contribution < 1.29 is 42.9 Å². The van der Waals surface area contributed by atoms with Gasteiger partial charge in [-0.05, 0) is 116 Å². The molecule has 0 spiro atoms. The SMILES string of the molecule is CC/C=C\C/C=C\C/C=C\C/C=C\C/C=C\C/C=C\CCCCCCCCCCCCCCCCCCCCC(=O)OC(COC(=O)CCCCCCCCCCCCCCCC/C=C\C/C=C\C/C=C\C/C=C\C/C=C\C/C=C\CC)COC(OCC[N+](C)(C)C)C(=O)[O-]. The lowest BCUT2D eigenvalue weighted by atomic mass is 10.0. The Hall–Kier alpha value is -4.83. The third-order valence-electron chi connectivity index (χ3n) is 16.6. The number of hydrogen-bond acceptors (Lipinski definition) is 8. The summed E-state index contributed by atoms with van der Waals surface area (Å²) in [7, 11) is 5.94. The molecule has 0 saturated carbocycles. The van der Waals surface area contributed by atoms with E-state index >= 15 is 0 Å². The van der Waals surface area contributed by atoms with Crippen LogP contribution < -0.4 is 5.11 Å². The van der Waals surface area contributed by atoms with Gasteiger partial charge in [0.2, 0.25) is 0 Å². The molecule has 0 N–H and O–H groups in total. The molecule has 0 aliphatic heterocycles. The molecule has 0 bridgehead atoms. The summed E-state index contributed by atoms with van der Waals surface area (Å²) >= 11 is 0. The lowest BCUT2D eigenvalue weighted by molar-refractivity contribution is -0.870. The Morgan fingerprint density at radius 1 is 0.316 bits per heavy atom. The van der Waals surface area contributed by atoms with Crippen LogP contribution in [0.2, 0.25) is 0 Å². The average Bonchev–Trinajstić information content (AvgIpc) is 3.75. The molecular formula is C86H145NO8. The highest BCUT2D eigenvalue weighted by molar-refractivity contribution is 5.70. The Labute approximate surface area is 585 Å². The average molecular weight is 1320 g/mol. The summed E-state index contributed by atoms with van der Waals surface area (Å²) in [5.41, 5.74) is 0. The predicted molar refractivity (Wildman–Crippen MR) is 407 cm³/mol. The fraction of sp³-hybridized carbons (Fsp3) is 0.686. The third kappa shape index (κ3) is 76.4. The highest BCUT2D eigenvalue weighted by Gasteiger charge is 2.22. The Bertz CT molecular complexity index is 2080. The van der Waals surface area contributed by atoms with Gasteiger partial charge in [-0.15, -0.1) is 0 Å². The minimum absolute atomic E-state index is 0.144. The number of allylic oxidation sites excluding steroid dienone is 24. The van der Waals surface area contributed by atoms with Crippen LogP contribution in [-0.4, -0.2) is 82.3 Å². The number of nitrogens with zero attached hydrogens (tertiary/aromatic N) is 1. The maximum Gasteiger partial charge on any atom is 0.306 e. The number of aliphatic carboxylic acids is 1. The summed E-state index contributed by atoms with van der Waals surface area (Å²) < 4.78 is 22.9. The number of hydrogen-bond donors (Lipinski definition) is 0. The lowest BCUT2D eigenvalue weighted by Gasteiger charge is -2.26. The van der Waals surface area contributed by atoms with E-state index in [9.17, 15) is 19.5 Å². The minimum atomic E-state index is -1.63. The standard InChI is InChI=1S/C86H145NO8/c1-6-8-10-12-14-16-18-20-22-24-26-28-30-32-34-36-38-40-41-42-43-45-47-49-51-53-55-57-59-61-63-65-67-69-71-73-75-77-84(89)95-82(81-94-86(85(90)91)92-79-78-87(3,4)5)80-93-83(88)76-74-72-70-68-66-64-62-60-58-56-54-52-50-48-46-44-39-37-35-33-31-29-27-25-23-21-19-17-15-13-11-9-7-2/h8-11,14-17,20-23,26-29,32-35,38-40,44,82,86H,6-7,12-13,18-19,24-25,30-31,36-37,41-43,45-81H2,1-5H3/b10-8-,11-9-,16-14-,17-15-,22-20-,23-21-,28-26-,29-27-,34-32-,35-33-,40-38-,44-39-. The first kappa shape index (κ1) is 90.2. The second-order valence-corrected chi connectivity index (χ2v) is 26.9. The minimum Gasteiger partial charge on any atom is -0.545 e.